The number of aliphatic carboxylic acids is 1. The third-order valence-electron chi connectivity index (χ3n) is 4.39. The number of carbonyl (C=O) groups is 3. The van der Waals surface area contributed by atoms with Crippen molar-refractivity contribution in [3.05, 3.63) is 35.9 Å². The first-order valence-corrected chi connectivity index (χ1v) is 9.00. The van der Waals surface area contributed by atoms with Gasteiger partial charge < -0.3 is 19.9 Å². The Hall–Kier alpha value is -2.57. The van der Waals surface area contributed by atoms with Crippen LogP contribution in [0.2, 0.25) is 0 Å². The van der Waals surface area contributed by atoms with Crippen molar-refractivity contribution in [3.63, 3.8) is 0 Å². The minimum absolute atomic E-state index is 0.0795. The first kappa shape index (κ1) is 22.5. The summed E-state index contributed by atoms with van der Waals surface area (Å²) in [4.78, 5) is 36.0. The van der Waals surface area contributed by atoms with Crippen LogP contribution in [0.1, 0.15) is 46.6 Å². The molecule has 150 valence electrons. The van der Waals surface area contributed by atoms with E-state index in [0.29, 0.717) is 6.42 Å². The minimum Gasteiger partial charge on any atom is -0.481 e. The summed E-state index contributed by atoms with van der Waals surface area (Å²) in [6.45, 7) is 8.34. The Morgan fingerprint density at radius 3 is 2.22 bits per heavy atom. The quantitative estimate of drug-likeness (QED) is 0.638. The fraction of sp³-hybridized carbons (Fsp3) is 0.550. The van der Waals surface area contributed by atoms with E-state index in [9.17, 15) is 19.5 Å². The van der Waals surface area contributed by atoms with Crippen molar-refractivity contribution in [2.45, 2.75) is 59.8 Å². The number of benzene rings is 1. The monoisotopic (exact) mass is 379 g/mol. The molecule has 0 fully saturated rings. The van der Waals surface area contributed by atoms with E-state index in [0.717, 1.165) is 5.56 Å². The van der Waals surface area contributed by atoms with Crippen LogP contribution >= 0.6 is 0 Å². The summed E-state index contributed by atoms with van der Waals surface area (Å²) in [5.41, 5.74) is -0.412. The number of rotatable bonds is 9. The van der Waals surface area contributed by atoms with Gasteiger partial charge in [-0.1, -0.05) is 51.1 Å². The molecule has 0 aliphatic carbocycles. The Morgan fingerprint density at radius 1 is 1.15 bits per heavy atom. The van der Waals surface area contributed by atoms with Gasteiger partial charge in [-0.05, 0) is 31.7 Å². The van der Waals surface area contributed by atoms with Crippen LogP contribution in [0.3, 0.4) is 0 Å². The van der Waals surface area contributed by atoms with E-state index in [1.165, 1.54) is 13.8 Å². The molecule has 0 aliphatic rings. The van der Waals surface area contributed by atoms with Crippen LogP contribution in [-0.2, 0) is 25.7 Å². The highest BCUT2D eigenvalue weighted by Crippen LogP contribution is 2.27. The van der Waals surface area contributed by atoms with Gasteiger partial charge in [-0.25, -0.2) is 9.59 Å². The topological polar surface area (TPSA) is 102 Å². The normalized spacial score (nSPS) is 13.6. The maximum Gasteiger partial charge on any atom is 0.408 e. The van der Waals surface area contributed by atoms with E-state index in [1.807, 2.05) is 30.3 Å². The third-order valence-corrected chi connectivity index (χ3v) is 4.39. The van der Waals surface area contributed by atoms with Gasteiger partial charge >= 0.3 is 18.0 Å². The minimum atomic E-state index is -1.24. The molecule has 0 saturated carbocycles. The second kappa shape index (κ2) is 9.94. The Kier molecular flexibility index (Phi) is 8.28. The molecule has 0 radical (unpaired) electrons. The summed E-state index contributed by atoms with van der Waals surface area (Å²) < 4.78 is 10.6. The van der Waals surface area contributed by atoms with Crippen LogP contribution < -0.4 is 5.32 Å². The van der Waals surface area contributed by atoms with Crippen LogP contribution in [0.25, 0.3) is 0 Å². The number of carboxylic acid groups (broad SMARTS) is 1. The lowest BCUT2D eigenvalue weighted by Crippen LogP contribution is -2.49. The van der Waals surface area contributed by atoms with Gasteiger partial charge in [-0.3, -0.25) is 4.79 Å². The van der Waals surface area contributed by atoms with E-state index in [-0.39, 0.29) is 12.5 Å². The molecule has 0 unspecified atom stereocenters. The standard InChI is InChI=1S/C20H29NO6/c1-6-15(20(4,5)18(23)24)27-17(22)16(13(2)3)21-19(25)26-12-14-10-8-7-9-11-14/h7-11,13,15-16H,6,12H2,1-5H3,(H,21,25)(H,23,24)/t15-,16-/m0/s1. The fourth-order valence-corrected chi connectivity index (χ4v) is 2.48. The van der Waals surface area contributed by atoms with Gasteiger partial charge in [0.15, 0.2) is 0 Å². The molecule has 0 aromatic heterocycles. The zero-order valence-corrected chi connectivity index (χ0v) is 16.5. The number of nitrogens with one attached hydrogen (secondary N) is 1. The van der Waals surface area contributed by atoms with Gasteiger partial charge in [-0.2, -0.15) is 0 Å². The third kappa shape index (κ3) is 6.58. The summed E-state index contributed by atoms with van der Waals surface area (Å²) in [6.07, 6.45) is -1.21. The van der Waals surface area contributed by atoms with Gasteiger partial charge in [0, 0.05) is 0 Å². The van der Waals surface area contributed by atoms with Gasteiger partial charge in [-0.15, -0.1) is 0 Å². The summed E-state index contributed by atoms with van der Waals surface area (Å²) in [5, 5.41) is 11.9. The zero-order chi connectivity index (χ0) is 20.6. The molecular formula is C20H29NO6. The smallest absolute Gasteiger partial charge is 0.408 e. The van der Waals surface area contributed by atoms with E-state index in [1.54, 1.807) is 20.8 Å². The van der Waals surface area contributed by atoms with Crippen molar-refractivity contribution in [1.82, 2.24) is 5.32 Å². The summed E-state index contributed by atoms with van der Waals surface area (Å²) in [7, 11) is 0. The number of alkyl carbamates (subject to hydrolysis) is 1. The van der Waals surface area contributed by atoms with Crippen LogP contribution in [0.15, 0.2) is 30.3 Å². The lowest BCUT2D eigenvalue weighted by Gasteiger charge is -2.31. The average Bonchev–Trinajstić information content (AvgIpc) is 2.62. The highest BCUT2D eigenvalue weighted by atomic mass is 16.6. The Labute approximate surface area is 160 Å². The molecule has 0 spiro atoms. The molecule has 0 saturated heterocycles. The molecule has 0 heterocycles. The maximum atomic E-state index is 12.5. The Bertz CT molecular complexity index is 641. The highest BCUT2D eigenvalue weighted by Gasteiger charge is 2.40. The Morgan fingerprint density at radius 2 is 1.74 bits per heavy atom. The summed E-state index contributed by atoms with van der Waals surface area (Å²) >= 11 is 0. The van der Waals surface area contributed by atoms with Crippen LogP contribution in [0, 0.1) is 11.3 Å². The van der Waals surface area contributed by atoms with Crippen molar-refractivity contribution < 1.29 is 29.0 Å². The predicted octanol–water partition coefficient (Wildman–Crippen LogP) is 3.37. The van der Waals surface area contributed by atoms with Gasteiger partial charge in [0.2, 0.25) is 0 Å². The summed E-state index contributed by atoms with van der Waals surface area (Å²) in [6, 6.07) is 8.23. The van der Waals surface area contributed by atoms with Crippen molar-refractivity contribution in [2.75, 3.05) is 0 Å². The van der Waals surface area contributed by atoms with E-state index >= 15 is 0 Å². The highest BCUT2D eigenvalue weighted by molar-refractivity contribution is 5.82. The van der Waals surface area contributed by atoms with Crippen LogP contribution in [-0.4, -0.2) is 35.3 Å². The van der Waals surface area contributed by atoms with Crippen molar-refractivity contribution >= 4 is 18.0 Å². The van der Waals surface area contributed by atoms with Crippen molar-refractivity contribution in [1.29, 1.82) is 0 Å². The second-order valence-corrected chi connectivity index (χ2v) is 7.29. The number of hydrogen-bond acceptors (Lipinski definition) is 5. The molecule has 0 aliphatic heterocycles. The van der Waals surface area contributed by atoms with Gasteiger partial charge in [0.1, 0.15) is 18.8 Å². The van der Waals surface area contributed by atoms with Gasteiger partial charge in [0.25, 0.3) is 0 Å². The fourth-order valence-electron chi connectivity index (χ4n) is 2.48. The lowest BCUT2D eigenvalue weighted by atomic mass is 9.85. The number of amides is 1. The average molecular weight is 379 g/mol. The van der Waals surface area contributed by atoms with E-state index < -0.39 is 35.6 Å². The molecule has 1 aromatic rings. The number of carbonyl (C=O) groups excluding carboxylic acids is 2. The molecule has 27 heavy (non-hydrogen) atoms. The zero-order valence-electron chi connectivity index (χ0n) is 16.5. The molecule has 0 bridgehead atoms. The predicted molar refractivity (Wildman–Crippen MR) is 100.0 cm³/mol. The SMILES string of the molecule is CC[C@H](OC(=O)[C@@H](NC(=O)OCc1ccccc1)C(C)C)C(C)(C)C(=O)O. The largest absolute Gasteiger partial charge is 0.481 e. The molecule has 7 nitrogen and oxygen atoms in total. The molecule has 1 rings (SSSR count). The van der Waals surface area contributed by atoms with Crippen LogP contribution in [0.4, 0.5) is 4.79 Å². The second-order valence-electron chi connectivity index (χ2n) is 7.29. The lowest BCUT2D eigenvalue weighted by molar-refractivity contribution is -0.168. The Balaban J connectivity index is 2.72. The number of hydrogen-bond donors (Lipinski definition) is 2. The number of carboxylic acids is 1. The van der Waals surface area contributed by atoms with Gasteiger partial charge in [0.05, 0.1) is 5.41 Å². The van der Waals surface area contributed by atoms with Crippen molar-refractivity contribution in [3.8, 4) is 0 Å². The number of ether oxygens (including phenoxy) is 2. The first-order chi connectivity index (χ1) is 12.6. The van der Waals surface area contributed by atoms with E-state index in [2.05, 4.69) is 5.32 Å². The molecule has 2 N–H and O–H groups in total. The molecule has 1 amide bonds. The van der Waals surface area contributed by atoms with Crippen molar-refractivity contribution in [2.24, 2.45) is 11.3 Å². The van der Waals surface area contributed by atoms with Crippen LogP contribution in [0.5, 0.6) is 0 Å². The number of esters is 1. The molecule has 1 aromatic carbocycles. The molecular weight excluding hydrogens is 350 g/mol. The molecule has 2 atom stereocenters. The maximum absolute atomic E-state index is 12.5. The first-order valence-electron chi connectivity index (χ1n) is 9.00. The summed E-state index contributed by atoms with van der Waals surface area (Å²) in [5.74, 6) is -1.99. The molecule has 7 heteroatoms. The van der Waals surface area contributed by atoms with E-state index in [4.69, 9.17) is 9.47 Å².